The Hall–Kier alpha value is -2.53. The number of rotatable bonds is 5. The van der Waals surface area contributed by atoms with Gasteiger partial charge in [0, 0.05) is 50.1 Å². The second-order valence-corrected chi connectivity index (χ2v) is 9.79. The summed E-state index contributed by atoms with van der Waals surface area (Å²) in [5.41, 5.74) is 5.50. The van der Waals surface area contributed by atoms with Crippen molar-refractivity contribution in [2.75, 3.05) is 26.2 Å². The van der Waals surface area contributed by atoms with Crippen LogP contribution in [0.1, 0.15) is 31.2 Å². The fraction of sp³-hybridized carbons (Fsp3) is 0.579. The lowest BCUT2D eigenvalue weighted by atomic mass is 9.92. The van der Waals surface area contributed by atoms with Gasteiger partial charge >= 0.3 is 0 Å². The first-order valence-corrected chi connectivity index (χ1v) is 11.4. The molecule has 30 heavy (non-hydrogen) atoms. The maximum absolute atomic E-state index is 13.0. The predicted molar refractivity (Wildman–Crippen MR) is 108 cm³/mol. The first-order valence-electron chi connectivity index (χ1n) is 9.94. The van der Waals surface area contributed by atoms with Crippen molar-refractivity contribution in [3.63, 3.8) is 0 Å². The van der Waals surface area contributed by atoms with E-state index in [1.54, 1.807) is 11.8 Å². The Bertz CT molecular complexity index is 948. The van der Waals surface area contributed by atoms with Crippen LogP contribution in [0.4, 0.5) is 5.69 Å². The number of nitrogens with two attached hydrogens (primary N) is 1. The summed E-state index contributed by atoms with van der Waals surface area (Å²) in [5.74, 6) is -0.814. The van der Waals surface area contributed by atoms with Crippen LogP contribution in [0.25, 0.3) is 0 Å². The minimum Gasteiger partial charge on any atom is -0.369 e. The standard InChI is InChI=1S/C19H26N4O6S/c1-13-2-3-16(23(26)27)12-17(13)30(28,29)22-10-6-15(7-11-22)19(25)21-8-4-14(5-9-21)18(20)24/h2-3,12,14-15H,4-11H2,1H3,(H2,20,24). The predicted octanol–water partition coefficient (Wildman–Crippen LogP) is 1.03. The van der Waals surface area contributed by atoms with Gasteiger partial charge in [0.25, 0.3) is 5.69 Å². The van der Waals surface area contributed by atoms with Gasteiger partial charge in [-0.25, -0.2) is 8.42 Å². The number of nitrogens with zero attached hydrogens (tertiary/aromatic N) is 3. The summed E-state index contributed by atoms with van der Waals surface area (Å²) in [4.78, 5) is 36.1. The van der Waals surface area contributed by atoms with Crippen LogP contribution >= 0.6 is 0 Å². The number of non-ortho nitro benzene ring substituents is 1. The molecule has 2 amide bonds. The summed E-state index contributed by atoms with van der Waals surface area (Å²) in [6.45, 7) is 2.93. The average Bonchev–Trinajstić information content (AvgIpc) is 2.73. The van der Waals surface area contributed by atoms with E-state index < -0.39 is 14.9 Å². The minimum absolute atomic E-state index is 0.0125. The molecule has 0 saturated carbocycles. The molecule has 2 heterocycles. The molecule has 0 spiro atoms. The van der Waals surface area contributed by atoms with E-state index in [4.69, 9.17) is 5.73 Å². The zero-order valence-corrected chi connectivity index (χ0v) is 17.6. The average molecular weight is 439 g/mol. The summed E-state index contributed by atoms with van der Waals surface area (Å²) in [6, 6.07) is 3.79. The van der Waals surface area contributed by atoms with Crippen LogP contribution in [-0.2, 0) is 19.6 Å². The zero-order valence-electron chi connectivity index (χ0n) is 16.8. The molecule has 0 aliphatic carbocycles. The third-order valence-electron chi connectivity index (χ3n) is 6.01. The molecule has 2 fully saturated rings. The molecule has 2 saturated heterocycles. The number of likely N-dealkylation sites (tertiary alicyclic amines) is 1. The monoisotopic (exact) mass is 438 g/mol. The Morgan fingerprint density at radius 1 is 1.07 bits per heavy atom. The van der Waals surface area contributed by atoms with Crippen LogP contribution in [0, 0.1) is 28.9 Å². The molecule has 0 bridgehead atoms. The largest absolute Gasteiger partial charge is 0.369 e. The van der Waals surface area contributed by atoms with Crippen molar-refractivity contribution in [2.24, 2.45) is 17.6 Å². The third-order valence-corrected chi connectivity index (χ3v) is 8.05. The first kappa shape index (κ1) is 22.2. The third kappa shape index (κ3) is 4.46. The lowest BCUT2D eigenvalue weighted by Crippen LogP contribution is -2.47. The normalized spacial score (nSPS) is 19.6. The van der Waals surface area contributed by atoms with Crippen LogP contribution in [0.3, 0.4) is 0 Å². The van der Waals surface area contributed by atoms with Gasteiger partial charge < -0.3 is 10.6 Å². The molecule has 1 aromatic rings. The number of hydrogen-bond acceptors (Lipinski definition) is 6. The Kier molecular flexibility index (Phi) is 6.41. The first-order chi connectivity index (χ1) is 14.1. The molecule has 2 N–H and O–H groups in total. The lowest BCUT2D eigenvalue weighted by molar-refractivity contribution is -0.385. The molecule has 0 atom stereocenters. The van der Waals surface area contributed by atoms with E-state index in [1.807, 2.05) is 0 Å². The van der Waals surface area contributed by atoms with Gasteiger partial charge in [-0.15, -0.1) is 0 Å². The van der Waals surface area contributed by atoms with Crippen LogP contribution in [0.5, 0.6) is 0 Å². The van der Waals surface area contributed by atoms with Gasteiger partial charge in [-0.05, 0) is 38.2 Å². The maximum Gasteiger partial charge on any atom is 0.270 e. The number of amides is 2. The highest BCUT2D eigenvalue weighted by Gasteiger charge is 2.36. The van der Waals surface area contributed by atoms with Crippen LogP contribution in [0.15, 0.2) is 23.1 Å². The van der Waals surface area contributed by atoms with Crippen LogP contribution < -0.4 is 5.73 Å². The SMILES string of the molecule is Cc1ccc([N+](=O)[O-])cc1S(=O)(=O)N1CCC(C(=O)N2CCC(C(N)=O)CC2)CC1. The molecule has 1 aromatic carbocycles. The van der Waals surface area contributed by atoms with E-state index in [2.05, 4.69) is 0 Å². The van der Waals surface area contributed by atoms with Gasteiger partial charge in [0.2, 0.25) is 21.8 Å². The van der Waals surface area contributed by atoms with E-state index in [0.29, 0.717) is 44.3 Å². The molecule has 2 aliphatic heterocycles. The number of piperidine rings is 2. The van der Waals surface area contributed by atoms with E-state index in [1.165, 1.54) is 16.4 Å². The number of aryl methyl sites for hydroxylation is 1. The number of nitro groups is 1. The molecular formula is C19H26N4O6S. The Balaban J connectivity index is 1.64. The number of hydrogen-bond donors (Lipinski definition) is 1. The summed E-state index contributed by atoms with van der Waals surface area (Å²) in [6.07, 6.45) is 1.89. The van der Waals surface area contributed by atoms with Gasteiger partial charge in [0.15, 0.2) is 0 Å². The molecule has 2 aliphatic rings. The molecule has 164 valence electrons. The smallest absolute Gasteiger partial charge is 0.270 e. The van der Waals surface area contributed by atoms with Gasteiger partial charge in [0.1, 0.15) is 0 Å². The molecule has 0 radical (unpaired) electrons. The molecule has 3 rings (SSSR count). The van der Waals surface area contributed by atoms with E-state index >= 15 is 0 Å². The van der Waals surface area contributed by atoms with Crippen LogP contribution in [-0.4, -0.2) is 60.5 Å². The van der Waals surface area contributed by atoms with Crippen molar-refractivity contribution in [1.82, 2.24) is 9.21 Å². The highest BCUT2D eigenvalue weighted by Crippen LogP contribution is 2.29. The van der Waals surface area contributed by atoms with Crippen molar-refractivity contribution in [3.8, 4) is 0 Å². The number of sulfonamides is 1. The highest BCUT2D eigenvalue weighted by atomic mass is 32.2. The minimum atomic E-state index is -3.89. The van der Waals surface area contributed by atoms with Gasteiger partial charge in [-0.3, -0.25) is 19.7 Å². The fourth-order valence-corrected chi connectivity index (χ4v) is 5.82. The number of carbonyl (C=O) groups excluding carboxylic acids is 2. The lowest BCUT2D eigenvalue weighted by Gasteiger charge is -2.36. The van der Waals surface area contributed by atoms with Gasteiger partial charge in [-0.2, -0.15) is 4.31 Å². The Labute approximate surface area is 175 Å². The van der Waals surface area contributed by atoms with Crippen molar-refractivity contribution < 1.29 is 22.9 Å². The Morgan fingerprint density at radius 3 is 2.17 bits per heavy atom. The molecule has 0 aromatic heterocycles. The molecule has 10 nitrogen and oxygen atoms in total. The van der Waals surface area contributed by atoms with Crippen molar-refractivity contribution in [1.29, 1.82) is 0 Å². The maximum atomic E-state index is 13.0. The van der Waals surface area contributed by atoms with Crippen LogP contribution in [0.2, 0.25) is 0 Å². The number of primary amides is 1. The topological polar surface area (TPSA) is 144 Å². The number of carbonyl (C=O) groups is 2. The van der Waals surface area contributed by atoms with E-state index in [-0.39, 0.29) is 47.3 Å². The summed E-state index contributed by atoms with van der Waals surface area (Å²) in [5, 5.41) is 11.0. The summed E-state index contributed by atoms with van der Waals surface area (Å²) < 4.78 is 27.3. The Morgan fingerprint density at radius 2 is 1.63 bits per heavy atom. The zero-order chi connectivity index (χ0) is 22.1. The number of benzene rings is 1. The molecular weight excluding hydrogens is 412 g/mol. The molecule has 0 unspecified atom stereocenters. The second kappa shape index (κ2) is 8.68. The quantitative estimate of drug-likeness (QED) is 0.537. The summed E-state index contributed by atoms with van der Waals surface area (Å²) in [7, 11) is -3.89. The van der Waals surface area contributed by atoms with Crippen molar-refractivity contribution in [2.45, 2.75) is 37.5 Å². The fourth-order valence-electron chi connectivity index (χ4n) is 4.11. The van der Waals surface area contributed by atoms with Crippen molar-refractivity contribution >= 4 is 27.5 Å². The number of nitro benzene ring substituents is 1. The van der Waals surface area contributed by atoms with E-state index in [9.17, 15) is 28.1 Å². The highest BCUT2D eigenvalue weighted by molar-refractivity contribution is 7.89. The van der Waals surface area contributed by atoms with Gasteiger partial charge in [-0.1, -0.05) is 6.07 Å². The second-order valence-electron chi connectivity index (χ2n) is 7.89. The summed E-state index contributed by atoms with van der Waals surface area (Å²) >= 11 is 0. The van der Waals surface area contributed by atoms with Gasteiger partial charge in [0.05, 0.1) is 9.82 Å². The van der Waals surface area contributed by atoms with E-state index in [0.717, 1.165) is 6.07 Å². The molecule has 11 heteroatoms. The van der Waals surface area contributed by atoms with Crippen molar-refractivity contribution in [3.05, 3.63) is 33.9 Å².